The molecule has 1 heterocycles. The molecule has 0 saturated heterocycles. The van der Waals surface area contributed by atoms with Gasteiger partial charge >= 0.3 is 0 Å². The number of aromatic nitrogens is 2. The molecule has 0 bridgehead atoms. The normalized spacial score (nSPS) is 12.4. The van der Waals surface area contributed by atoms with Crippen LogP contribution in [0.25, 0.3) is 0 Å². The van der Waals surface area contributed by atoms with Crippen molar-refractivity contribution in [2.45, 2.75) is 39.8 Å². The van der Waals surface area contributed by atoms with E-state index in [-0.39, 0.29) is 6.04 Å². The molecule has 3 heteroatoms. The number of aryl methyl sites for hydroxylation is 3. The van der Waals surface area contributed by atoms with Crippen LogP contribution in [0.2, 0.25) is 0 Å². The van der Waals surface area contributed by atoms with Crippen molar-refractivity contribution >= 4 is 0 Å². The summed E-state index contributed by atoms with van der Waals surface area (Å²) in [5.74, 6) is 2.65. The maximum atomic E-state index is 5.26. The summed E-state index contributed by atoms with van der Waals surface area (Å²) < 4.78 is 2.04. The molecule has 0 aromatic carbocycles. The van der Waals surface area contributed by atoms with Crippen LogP contribution in [-0.2, 0) is 6.54 Å². The van der Waals surface area contributed by atoms with Gasteiger partial charge in [-0.3, -0.25) is 4.68 Å². The molecule has 0 amide bonds. The Morgan fingerprint density at radius 3 is 2.87 bits per heavy atom. The lowest BCUT2D eigenvalue weighted by Gasteiger charge is -2.08. The molecule has 0 aliphatic rings. The first-order valence-corrected chi connectivity index (χ1v) is 5.34. The molecule has 1 atom stereocenters. The average molecular weight is 205 g/mol. The molecule has 0 aliphatic carbocycles. The van der Waals surface area contributed by atoms with E-state index in [1.165, 1.54) is 5.69 Å². The number of terminal acetylenes is 1. The molecule has 0 fully saturated rings. The van der Waals surface area contributed by atoms with Gasteiger partial charge in [0.25, 0.3) is 0 Å². The summed E-state index contributed by atoms with van der Waals surface area (Å²) in [6, 6.07) is 2.25. The zero-order valence-electron chi connectivity index (χ0n) is 9.75. The van der Waals surface area contributed by atoms with Crippen molar-refractivity contribution in [2.24, 2.45) is 0 Å². The largest absolute Gasteiger partial charge is 0.304 e. The van der Waals surface area contributed by atoms with E-state index in [2.05, 4.69) is 29.3 Å². The van der Waals surface area contributed by atoms with Gasteiger partial charge in [-0.15, -0.1) is 6.42 Å². The Labute approximate surface area is 91.9 Å². The van der Waals surface area contributed by atoms with Gasteiger partial charge in [-0.1, -0.05) is 5.92 Å². The molecule has 15 heavy (non-hydrogen) atoms. The molecular formula is C12H19N3. The van der Waals surface area contributed by atoms with E-state index in [9.17, 15) is 0 Å². The van der Waals surface area contributed by atoms with E-state index in [1.54, 1.807) is 0 Å². The van der Waals surface area contributed by atoms with Crippen molar-refractivity contribution in [3.8, 4) is 12.3 Å². The average Bonchev–Trinajstić information content (AvgIpc) is 2.52. The Morgan fingerprint density at radius 1 is 1.60 bits per heavy atom. The number of nitrogens with one attached hydrogen (secondary N) is 1. The van der Waals surface area contributed by atoms with E-state index in [1.807, 2.05) is 18.5 Å². The smallest absolute Gasteiger partial charge is 0.0658 e. The van der Waals surface area contributed by atoms with Gasteiger partial charge in [0.1, 0.15) is 0 Å². The highest BCUT2D eigenvalue weighted by molar-refractivity contribution is 5.06. The summed E-state index contributed by atoms with van der Waals surface area (Å²) in [6.07, 6.45) is 6.31. The molecular weight excluding hydrogens is 186 g/mol. The van der Waals surface area contributed by atoms with Gasteiger partial charge in [-0.2, -0.15) is 5.10 Å². The first kappa shape index (κ1) is 11.8. The van der Waals surface area contributed by atoms with Gasteiger partial charge in [-0.25, -0.2) is 0 Å². The third-order valence-corrected chi connectivity index (χ3v) is 2.35. The van der Waals surface area contributed by atoms with Crippen molar-refractivity contribution in [1.29, 1.82) is 0 Å². The number of nitrogens with zero attached hydrogens (tertiary/aromatic N) is 2. The van der Waals surface area contributed by atoms with Crippen molar-refractivity contribution in [3.63, 3.8) is 0 Å². The second-order valence-corrected chi connectivity index (χ2v) is 3.85. The molecule has 82 valence electrons. The van der Waals surface area contributed by atoms with Crippen LogP contribution in [0.5, 0.6) is 0 Å². The highest BCUT2D eigenvalue weighted by Crippen LogP contribution is 2.02. The summed E-state index contributed by atoms with van der Waals surface area (Å²) in [4.78, 5) is 0. The molecule has 1 rings (SSSR count). The Hall–Kier alpha value is -1.27. The number of hydrogen-bond donors (Lipinski definition) is 1. The molecule has 1 unspecified atom stereocenters. The molecule has 1 aromatic rings. The van der Waals surface area contributed by atoms with E-state index >= 15 is 0 Å². The highest BCUT2D eigenvalue weighted by Gasteiger charge is 2.00. The molecule has 3 nitrogen and oxygen atoms in total. The standard InChI is InChI=1S/C12H19N3/c1-5-10(2)13-7-6-8-15-12(4)9-11(3)14-15/h1,9-10,13H,6-8H2,2-4H3. The predicted octanol–water partition coefficient (Wildman–Crippen LogP) is 1.50. The first-order chi connectivity index (χ1) is 7.13. The van der Waals surface area contributed by atoms with Crippen molar-refractivity contribution in [3.05, 3.63) is 17.5 Å². The van der Waals surface area contributed by atoms with E-state index < -0.39 is 0 Å². The lowest BCUT2D eigenvalue weighted by atomic mass is 10.3. The van der Waals surface area contributed by atoms with Crippen molar-refractivity contribution in [1.82, 2.24) is 15.1 Å². The quantitative estimate of drug-likeness (QED) is 0.583. The summed E-state index contributed by atoms with van der Waals surface area (Å²) in [7, 11) is 0. The number of rotatable bonds is 5. The minimum atomic E-state index is 0.158. The summed E-state index contributed by atoms with van der Waals surface area (Å²) in [5, 5.41) is 7.65. The van der Waals surface area contributed by atoms with Gasteiger partial charge in [0.05, 0.1) is 11.7 Å². The first-order valence-electron chi connectivity index (χ1n) is 5.34. The van der Waals surface area contributed by atoms with E-state index in [4.69, 9.17) is 6.42 Å². The Bertz CT molecular complexity index is 346. The SMILES string of the molecule is C#CC(C)NCCCn1nc(C)cc1C. The van der Waals surface area contributed by atoms with Gasteiger partial charge in [0.15, 0.2) is 0 Å². The Morgan fingerprint density at radius 2 is 2.33 bits per heavy atom. The Kier molecular flexibility index (Phi) is 4.38. The van der Waals surface area contributed by atoms with Crippen LogP contribution in [0.4, 0.5) is 0 Å². The fourth-order valence-electron chi connectivity index (χ4n) is 1.51. The van der Waals surface area contributed by atoms with Crippen molar-refractivity contribution in [2.75, 3.05) is 6.54 Å². The molecule has 0 aliphatic heterocycles. The number of hydrogen-bond acceptors (Lipinski definition) is 2. The van der Waals surface area contributed by atoms with Crippen LogP contribution in [-0.4, -0.2) is 22.4 Å². The zero-order valence-corrected chi connectivity index (χ0v) is 9.75. The van der Waals surface area contributed by atoms with Crippen LogP contribution in [0.3, 0.4) is 0 Å². The predicted molar refractivity (Wildman–Crippen MR) is 62.6 cm³/mol. The van der Waals surface area contributed by atoms with Crippen LogP contribution in [0.1, 0.15) is 24.7 Å². The highest BCUT2D eigenvalue weighted by atomic mass is 15.3. The second kappa shape index (κ2) is 5.57. The zero-order chi connectivity index (χ0) is 11.3. The maximum Gasteiger partial charge on any atom is 0.0658 e. The molecule has 1 N–H and O–H groups in total. The van der Waals surface area contributed by atoms with Gasteiger partial charge in [0.2, 0.25) is 0 Å². The molecule has 0 saturated carbocycles. The summed E-state index contributed by atoms with van der Waals surface area (Å²) in [6.45, 7) is 7.97. The van der Waals surface area contributed by atoms with Gasteiger partial charge in [0, 0.05) is 12.2 Å². The van der Waals surface area contributed by atoms with Crippen LogP contribution < -0.4 is 5.32 Å². The monoisotopic (exact) mass is 205 g/mol. The topological polar surface area (TPSA) is 29.9 Å². The van der Waals surface area contributed by atoms with E-state index in [0.717, 1.165) is 25.2 Å². The maximum absolute atomic E-state index is 5.26. The van der Waals surface area contributed by atoms with Gasteiger partial charge < -0.3 is 5.32 Å². The summed E-state index contributed by atoms with van der Waals surface area (Å²) >= 11 is 0. The summed E-state index contributed by atoms with van der Waals surface area (Å²) in [5.41, 5.74) is 2.30. The van der Waals surface area contributed by atoms with Crippen LogP contribution in [0.15, 0.2) is 6.07 Å². The lowest BCUT2D eigenvalue weighted by molar-refractivity contribution is 0.523. The fraction of sp³-hybridized carbons (Fsp3) is 0.583. The third kappa shape index (κ3) is 3.77. The molecule has 0 radical (unpaired) electrons. The fourth-order valence-corrected chi connectivity index (χ4v) is 1.51. The molecule has 0 spiro atoms. The Balaban J connectivity index is 2.27. The van der Waals surface area contributed by atoms with Crippen LogP contribution in [0, 0.1) is 26.2 Å². The van der Waals surface area contributed by atoms with Crippen LogP contribution >= 0.6 is 0 Å². The minimum Gasteiger partial charge on any atom is -0.304 e. The molecule has 1 aromatic heterocycles. The third-order valence-electron chi connectivity index (χ3n) is 2.35. The van der Waals surface area contributed by atoms with Gasteiger partial charge in [-0.05, 0) is 39.8 Å². The van der Waals surface area contributed by atoms with E-state index in [0.29, 0.717) is 0 Å². The lowest BCUT2D eigenvalue weighted by Crippen LogP contribution is -2.26. The second-order valence-electron chi connectivity index (χ2n) is 3.85. The van der Waals surface area contributed by atoms with Crippen molar-refractivity contribution < 1.29 is 0 Å². The minimum absolute atomic E-state index is 0.158.